The van der Waals surface area contributed by atoms with Gasteiger partial charge in [0.1, 0.15) is 0 Å². The van der Waals surface area contributed by atoms with Gasteiger partial charge in [-0.25, -0.2) is 0 Å². The molecule has 1 heterocycles. The Morgan fingerprint density at radius 1 is 1.29 bits per heavy atom. The molecule has 4 nitrogen and oxygen atoms in total. The molecule has 0 aromatic rings. The summed E-state index contributed by atoms with van der Waals surface area (Å²) in [4.78, 5) is 15.2. The molecule has 2 fully saturated rings. The SMILES string of the molecule is CC1CCC(CN2CCCN(CC(=O)O)C2)C1. The Hall–Kier alpha value is -0.610. The highest BCUT2D eigenvalue weighted by Crippen LogP contribution is 2.31. The highest BCUT2D eigenvalue weighted by molar-refractivity contribution is 5.69. The van der Waals surface area contributed by atoms with Gasteiger partial charge in [0, 0.05) is 19.6 Å². The third-order valence-corrected chi connectivity index (χ3v) is 4.03. The van der Waals surface area contributed by atoms with Crippen LogP contribution in [0.2, 0.25) is 0 Å². The minimum Gasteiger partial charge on any atom is -0.480 e. The molecule has 0 radical (unpaired) electrons. The Morgan fingerprint density at radius 3 is 2.71 bits per heavy atom. The van der Waals surface area contributed by atoms with Gasteiger partial charge in [0.05, 0.1) is 13.2 Å². The maximum Gasteiger partial charge on any atom is 0.317 e. The van der Waals surface area contributed by atoms with Crippen molar-refractivity contribution in [2.45, 2.75) is 32.6 Å². The third-order valence-electron chi connectivity index (χ3n) is 4.03. The van der Waals surface area contributed by atoms with Crippen molar-refractivity contribution in [2.24, 2.45) is 11.8 Å². The summed E-state index contributed by atoms with van der Waals surface area (Å²) in [7, 11) is 0. The summed E-state index contributed by atoms with van der Waals surface area (Å²) < 4.78 is 0. The summed E-state index contributed by atoms with van der Waals surface area (Å²) >= 11 is 0. The third kappa shape index (κ3) is 3.96. The van der Waals surface area contributed by atoms with Crippen molar-refractivity contribution < 1.29 is 9.90 Å². The molecule has 2 unspecified atom stereocenters. The zero-order valence-electron chi connectivity index (χ0n) is 10.8. The number of carbonyl (C=O) groups is 1. The van der Waals surface area contributed by atoms with Gasteiger partial charge in [-0.05, 0) is 31.1 Å². The fourth-order valence-corrected chi connectivity index (χ4v) is 3.27. The molecule has 0 spiro atoms. The van der Waals surface area contributed by atoms with Gasteiger partial charge in [0.25, 0.3) is 0 Å². The minimum absolute atomic E-state index is 0.192. The van der Waals surface area contributed by atoms with Crippen molar-refractivity contribution in [3.05, 3.63) is 0 Å². The zero-order valence-corrected chi connectivity index (χ0v) is 10.8. The van der Waals surface area contributed by atoms with E-state index in [1.165, 1.54) is 25.8 Å². The molecule has 0 aromatic heterocycles. The van der Waals surface area contributed by atoms with Crippen LogP contribution < -0.4 is 0 Å². The number of carboxylic acids is 1. The predicted molar refractivity (Wildman–Crippen MR) is 66.8 cm³/mol. The van der Waals surface area contributed by atoms with E-state index in [0.717, 1.165) is 38.0 Å². The molecule has 1 saturated heterocycles. The van der Waals surface area contributed by atoms with Gasteiger partial charge in [-0.2, -0.15) is 0 Å². The van der Waals surface area contributed by atoms with Crippen LogP contribution >= 0.6 is 0 Å². The second-order valence-electron chi connectivity index (χ2n) is 5.80. The van der Waals surface area contributed by atoms with Crippen molar-refractivity contribution in [1.29, 1.82) is 0 Å². The lowest BCUT2D eigenvalue weighted by Crippen LogP contribution is -2.47. The van der Waals surface area contributed by atoms with Crippen LogP contribution in [0.1, 0.15) is 32.6 Å². The van der Waals surface area contributed by atoms with Crippen LogP contribution in [0.15, 0.2) is 0 Å². The predicted octanol–water partition coefficient (Wildman–Crippen LogP) is 1.47. The van der Waals surface area contributed by atoms with E-state index in [-0.39, 0.29) is 6.54 Å². The minimum atomic E-state index is -0.707. The monoisotopic (exact) mass is 240 g/mol. The molecule has 2 rings (SSSR count). The molecule has 17 heavy (non-hydrogen) atoms. The smallest absolute Gasteiger partial charge is 0.317 e. The van der Waals surface area contributed by atoms with Crippen molar-refractivity contribution in [1.82, 2.24) is 9.80 Å². The fraction of sp³-hybridized carbons (Fsp3) is 0.923. The van der Waals surface area contributed by atoms with Crippen molar-refractivity contribution in [2.75, 3.05) is 32.8 Å². The average Bonchev–Trinajstić information content (AvgIpc) is 2.63. The van der Waals surface area contributed by atoms with Gasteiger partial charge in [0.15, 0.2) is 0 Å². The van der Waals surface area contributed by atoms with Crippen LogP contribution in [0.3, 0.4) is 0 Å². The number of rotatable bonds is 4. The van der Waals surface area contributed by atoms with E-state index in [1.807, 2.05) is 4.90 Å². The largest absolute Gasteiger partial charge is 0.480 e. The van der Waals surface area contributed by atoms with Crippen molar-refractivity contribution in [3.63, 3.8) is 0 Å². The average molecular weight is 240 g/mol. The second kappa shape index (κ2) is 5.83. The van der Waals surface area contributed by atoms with Gasteiger partial charge >= 0.3 is 5.97 Å². The molecule has 1 aliphatic heterocycles. The van der Waals surface area contributed by atoms with Crippen LogP contribution in [0.25, 0.3) is 0 Å². The molecule has 2 aliphatic rings. The van der Waals surface area contributed by atoms with E-state index in [0.29, 0.717) is 0 Å². The highest BCUT2D eigenvalue weighted by atomic mass is 16.4. The molecule has 0 amide bonds. The number of hydrogen-bond donors (Lipinski definition) is 1. The van der Waals surface area contributed by atoms with Crippen LogP contribution in [-0.2, 0) is 4.79 Å². The van der Waals surface area contributed by atoms with Gasteiger partial charge in [-0.3, -0.25) is 14.6 Å². The van der Waals surface area contributed by atoms with Crippen LogP contribution in [0.5, 0.6) is 0 Å². The van der Waals surface area contributed by atoms with E-state index in [4.69, 9.17) is 5.11 Å². The number of hydrogen-bond acceptors (Lipinski definition) is 3. The lowest BCUT2D eigenvalue weighted by atomic mass is 10.1. The topological polar surface area (TPSA) is 43.8 Å². The standard InChI is InChI=1S/C13H24N2O2/c1-11-3-4-12(7-11)8-14-5-2-6-15(10-14)9-13(16)17/h11-12H,2-10H2,1H3,(H,16,17). The van der Waals surface area contributed by atoms with Gasteiger partial charge in [-0.15, -0.1) is 0 Å². The number of carboxylic acid groups (broad SMARTS) is 1. The van der Waals surface area contributed by atoms with Gasteiger partial charge in [-0.1, -0.05) is 13.3 Å². The van der Waals surface area contributed by atoms with E-state index >= 15 is 0 Å². The molecule has 2 atom stereocenters. The lowest BCUT2D eigenvalue weighted by Gasteiger charge is -2.36. The first-order chi connectivity index (χ1) is 8.13. The first-order valence-electron chi connectivity index (χ1n) is 6.80. The summed E-state index contributed by atoms with van der Waals surface area (Å²) in [5, 5.41) is 8.81. The van der Waals surface area contributed by atoms with Crippen LogP contribution in [-0.4, -0.2) is 53.7 Å². The van der Waals surface area contributed by atoms with Gasteiger partial charge in [0.2, 0.25) is 0 Å². The molecule has 1 aliphatic carbocycles. The fourth-order valence-electron chi connectivity index (χ4n) is 3.27. The first kappa shape index (κ1) is 12.8. The summed E-state index contributed by atoms with van der Waals surface area (Å²) in [6.07, 6.45) is 5.19. The van der Waals surface area contributed by atoms with E-state index < -0.39 is 5.97 Å². The van der Waals surface area contributed by atoms with Gasteiger partial charge < -0.3 is 5.11 Å². The van der Waals surface area contributed by atoms with Crippen molar-refractivity contribution in [3.8, 4) is 0 Å². The molecule has 4 heteroatoms. The normalized spacial score (nSPS) is 31.8. The van der Waals surface area contributed by atoms with Crippen LogP contribution in [0.4, 0.5) is 0 Å². The quantitative estimate of drug-likeness (QED) is 0.808. The zero-order chi connectivity index (χ0) is 12.3. The summed E-state index contributed by atoms with van der Waals surface area (Å²) in [5.74, 6) is 1.02. The molecular weight excluding hydrogens is 216 g/mol. The lowest BCUT2D eigenvalue weighted by molar-refractivity contribution is -0.139. The summed E-state index contributed by atoms with van der Waals surface area (Å²) in [6, 6.07) is 0. The summed E-state index contributed by atoms with van der Waals surface area (Å²) in [5.41, 5.74) is 0. The van der Waals surface area contributed by atoms with Crippen LogP contribution in [0, 0.1) is 11.8 Å². The molecule has 0 bridgehead atoms. The maximum absolute atomic E-state index is 10.7. The Balaban J connectivity index is 1.75. The number of aliphatic carboxylic acids is 1. The van der Waals surface area contributed by atoms with Crippen molar-refractivity contribution >= 4 is 5.97 Å². The van der Waals surface area contributed by atoms with E-state index in [2.05, 4.69) is 11.8 Å². The highest BCUT2D eigenvalue weighted by Gasteiger charge is 2.26. The van der Waals surface area contributed by atoms with E-state index in [1.54, 1.807) is 0 Å². The Morgan fingerprint density at radius 2 is 2.06 bits per heavy atom. The molecule has 1 saturated carbocycles. The Bertz CT molecular complexity index is 270. The maximum atomic E-state index is 10.7. The molecule has 98 valence electrons. The van der Waals surface area contributed by atoms with E-state index in [9.17, 15) is 4.79 Å². The summed E-state index contributed by atoms with van der Waals surface area (Å²) in [6.45, 7) is 6.62. The first-order valence-corrected chi connectivity index (χ1v) is 6.80. The molecule has 1 N–H and O–H groups in total. The number of nitrogens with zero attached hydrogens (tertiary/aromatic N) is 2. The molecular formula is C13H24N2O2. The second-order valence-corrected chi connectivity index (χ2v) is 5.80. The molecule has 0 aromatic carbocycles. The Kier molecular flexibility index (Phi) is 4.40. The Labute approximate surface area is 104 Å².